The van der Waals surface area contributed by atoms with Crippen LogP contribution in [0.1, 0.15) is 33.1 Å². The van der Waals surface area contributed by atoms with E-state index in [1.54, 1.807) is 6.92 Å². The fraction of sp³-hybridized carbons (Fsp3) is 1.00. The Bertz CT molecular complexity index is 366. The molecule has 2 fully saturated rings. The van der Waals surface area contributed by atoms with Crippen LogP contribution in [-0.4, -0.2) is 57.0 Å². The summed E-state index contributed by atoms with van der Waals surface area (Å²) in [7, 11) is -2.83. The topological polar surface area (TPSA) is 49.4 Å². The zero-order valence-corrected chi connectivity index (χ0v) is 12.4. The summed E-state index contributed by atoms with van der Waals surface area (Å²) in [5.74, 6) is 0.291. The van der Waals surface area contributed by atoms with Gasteiger partial charge in [0.1, 0.15) is 0 Å². The van der Waals surface area contributed by atoms with Crippen molar-refractivity contribution in [1.82, 2.24) is 10.2 Å². The van der Waals surface area contributed by atoms with Gasteiger partial charge in [-0.05, 0) is 44.3 Å². The highest BCUT2D eigenvalue weighted by Gasteiger charge is 2.34. The van der Waals surface area contributed by atoms with Crippen molar-refractivity contribution in [3.8, 4) is 0 Å². The van der Waals surface area contributed by atoms with Crippen LogP contribution in [0, 0.1) is 5.41 Å². The number of nitrogens with one attached hydrogen (secondary N) is 1. The first-order chi connectivity index (χ1) is 8.45. The number of hydrogen-bond acceptors (Lipinski definition) is 4. The maximum atomic E-state index is 11.8. The summed E-state index contributed by atoms with van der Waals surface area (Å²) in [6.07, 6.45) is 2.87. The SMILES string of the molecule is CCS(=O)(=O)C1CCN(CC2(C)CCNC2)CC1. The van der Waals surface area contributed by atoms with E-state index >= 15 is 0 Å². The third-order valence-electron chi connectivity index (χ3n) is 4.51. The molecule has 106 valence electrons. The second kappa shape index (κ2) is 5.47. The Kier molecular flexibility index (Phi) is 4.34. The summed E-state index contributed by atoms with van der Waals surface area (Å²) >= 11 is 0. The highest BCUT2D eigenvalue weighted by molar-refractivity contribution is 7.92. The fourth-order valence-electron chi connectivity index (χ4n) is 3.21. The van der Waals surface area contributed by atoms with Gasteiger partial charge in [-0.2, -0.15) is 0 Å². The van der Waals surface area contributed by atoms with E-state index in [2.05, 4.69) is 17.1 Å². The molecule has 0 amide bonds. The largest absolute Gasteiger partial charge is 0.316 e. The lowest BCUT2D eigenvalue weighted by atomic mass is 9.88. The fourth-order valence-corrected chi connectivity index (χ4v) is 4.61. The van der Waals surface area contributed by atoms with Crippen molar-refractivity contribution >= 4 is 9.84 Å². The summed E-state index contributed by atoms with van der Waals surface area (Å²) < 4.78 is 23.7. The van der Waals surface area contributed by atoms with E-state index in [1.165, 1.54) is 6.42 Å². The molecule has 2 heterocycles. The minimum Gasteiger partial charge on any atom is -0.316 e. The van der Waals surface area contributed by atoms with Gasteiger partial charge in [0.2, 0.25) is 0 Å². The quantitative estimate of drug-likeness (QED) is 0.827. The molecule has 0 bridgehead atoms. The number of piperidine rings is 1. The van der Waals surface area contributed by atoms with Gasteiger partial charge in [0, 0.05) is 18.8 Å². The summed E-state index contributed by atoms with van der Waals surface area (Å²) in [5.41, 5.74) is 0.385. The van der Waals surface area contributed by atoms with Crippen molar-refractivity contribution < 1.29 is 8.42 Å². The van der Waals surface area contributed by atoms with Gasteiger partial charge in [0.05, 0.1) is 5.25 Å². The van der Waals surface area contributed by atoms with Gasteiger partial charge in [-0.1, -0.05) is 13.8 Å². The second-order valence-electron chi connectivity index (χ2n) is 6.16. The highest BCUT2D eigenvalue weighted by Crippen LogP contribution is 2.28. The molecule has 1 N–H and O–H groups in total. The van der Waals surface area contributed by atoms with Gasteiger partial charge < -0.3 is 10.2 Å². The molecule has 2 aliphatic heterocycles. The van der Waals surface area contributed by atoms with Crippen LogP contribution < -0.4 is 5.32 Å². The van der Waals surface area contributed by atoms with E-state index in [0.717, 1.165) is 45.6 Å². The Morgan fingerprint density at radius 2 is 2.00 bits per heavy atom. The first-order valence-corrected chi connectivity index (χ1v) is 8.81. The van der Waals surface area contributed by atoms with E-state index in [0.29, 0.717) is 11.2 Å². The number of sulfone groups is 1. The van der Waals surface area contributed by atoms with E-state index < -0.39 is 9.84 Å². The standard InChI is InChI=1S/C13H26N2O2S/c1-3-18(16,17)12-4-8-15(9-5-12)11-13(2)6-7-14-10-13/h12,14H,3-11H2,1-2H3. The van der Waals surface area contributed by atoms with Crippen LogP contribution in [0.25, 0.3) is 0 Å². The van der Waals surface area contributed by atoms with Crippen molar-refractivity contribution in [1.29, 1.82) is 0 Å². The molecule has 5 heteroatoms. The van der Waals surface area contributed by atoms with Gasteiger partial charge in [-0.3, -0.25) is 0 Å². The minimum atomic E-state index is -2.83. The van der Waals surface area contributed by atoms with Crippen molar-refractivity contribution in [3.63, 3.8) is 0 Å². The molecule has 0 aromatic rings. The van der Waals surface area contributed by atoms with Crippen LogP contribution in [0.4, 0.5) is 0 Å². The molecular weight excluding hydrogens is 248 g/mol. The van der Waals surface area contributed by atoms with Crippen LogP contribution in [0.5, 0.6) is 0 Å². The molecule has 0 aromatic heterocycles. The normalized spacial score (nSPS) is 31.9. The lowest BCUT2D eigenvalue weighted by Crippen LogP contribution is -2.44. The lowest BCUT2D eigenvalue weighted by Gasteiger charge is -2.36. The van der Waals surface area contributed by atoms with Crippen LogP contribution >= 0.6 is 0 Å². The average molecular weight is 274 g/mol. The van der Waals surface area contributed by atoms with Crippen molar-refractivity contribution in [3.05, 3.63) is 0 Å². The Morgan fingerprint density at radius 1 is 1.33 bits per heavy atom. The molecular formula is C13H26N2O2S. The molecule has 4 nitrogen and oxygen atoms in total. The summed E-state index contributed by atoms with van der Waals surface area (Å²) in [4.78, 5) is 2.45. The van der Waals surface area contributed by atoms with Crippen molar-refractivity contribution in [2.45, 2.75) is 38.4 Å². The van der Waals surface area contributed by atoms with Gasteiger partial charge in [-0.25, -0.2) is 8.42 Å². The Hall–Kier alpha value is -0.130. The molecule has 2 rings (SSSR count). The smallest absolute Gasteiger partial charge is 0.152 e. The molecule has 18 heavy (non-hydrogen) atoms. The van der Waals surface area contributed by atoms with E-state index in [1.807, 2.05) is 0 Å². The monoisotopic (exact) mass is 274 g/mol. The molecule has 2 aliphatic rings. The number of rotatable bonds is 4. The van der Waals surface area contributed by atoms with Gasteiger partial charge in [0.15, 0.2) is 9.84 Å². The molecule has 1 unspecified atom stereocenters. The zero-order chi connectivity index (χ0) is 13.2. The number of likely N-dealkylation sites (tertiary alicyclic amines) is 1. The van der Waals surface area contributed by atoms with E-state index in [4.69, 9.17) is 0 Å². The zero-order valence-electron chi connectivity index (χ0n) is 11.6. The van der Waals surface area contributed by atoms with Gasteiger partial charge >= 0.3 is 0 Å². The first-order valence-electron chi connectivity index (χ1n) is 7.10. The number of hydrogen-bond donors (Lipinski definition) is 1. The minimum absolute atomic E-state index is 0.0896. The predicted molar refractivity (Wildman–Crippen MR) is 74.5 cm³/mol. The molecule has 0 saturated carbocycles. The second-order valence-corrected chi connectivity index (χ2v) is 8.73. The van der Waals surface area contributed by atoms with E-state index in [-0.39, 0.29) is 5.25 Å². The number of nitrogens with zero attached hydrogens (tertiary/aromatic N) is 1. The first kappa shape index (κ1) is 14.3. The lowest BCUT2D eigenvalue weighted by molar-refractivity contribution is 0.154. The molecule has 1 atom stereocenters. The maximum Gasteiger partial charge on any atom is 0.152 e. The molecule has 0 radical (unpaired) electrons. The summed E-state index contributed by atoms with van der Waals surface area (Å²) in [6.45, 7) is 9.31. The van der Waals surface area contributed by atoms with Crippen LogP contribution in [-0.2, 0) is 9.84 Å². The Balaban J connectivity index is 1.84. The highest BCUT2D eigenvalue weighted by atomic mass is 32.2. The Labute approximate surface area is 111 Å². The van der Waals surface area contributed by atoms with Crippen molar-refractivity contribution in [2.24, 2.45) is 5.41 Å². The molecule has 0 spiro atoms. The van der Waals surface area contributed by atoms with Crippen LogP contribution in [0.15, 0.2) is 0 Å². The third kappa shape index (κ3) is 3.25. The Morgan fingerprint density at radius 3 is 2.50 bits per heavy atom. The molecule has 2 saturated heterocycles. The molecule has 0 aromatic carbocycles. The van der Waals surface area contributed by atoms with E-state index in [9.17, 15) is 8.42 Å². The summed E-state index contributed by atoms with van der Waals surface area (Å²) in [5, 5.41) is 3.33. The van der Waals surface area contributed by atoms with Crippen LogP contribution in [0.2, 0.25) is 0 Å². The predicted octanol–water partition coefficient (Wildman–Crippen LogP) is 0.885. The maximum absolute atomic E-state index is 11.8. The third-order valence-corrected chi connectivity index (χ3v) is 6.80. The van der Waals surface area contributed by atoms with Crippen molar-refractivity contribution in [2.75, 3.05) is 38.5 Å². The molecule has 0 aliphatic carbocycles. The average Bonchev–Trinajstić information content (AvgIpc) is 2.76. The van der Waals surface area contributed by atoms with Gasteiger partial charge in [0.25, 0.3) is 0 Å². The van der Waals surface area contributed by atoms with Gasteiger partial charge in [-0.15, -0.1) is 0 Å². The summed E-state index contributed by atoms with van der Waals surface area (Å²) in [6, 6.07) is 0. The van der Waals surface area contributed by atoms with Crippen LogP contribution in [0.3, 0.4) is 0 Å².